The van der Waals surface area contributed by atoms with E-state index in [2.05, 4.69) is 21.8 Å². The maximum Gasteiger partial charge on any atom is 0.112 e. The molecule has 21 heavy (non-hydrogen) atoms. The van der Waals surface area contributed by atoms with Crippen molar-refractivity contribution in [3.05, 3.63) is 17.2 Å². The number of nitrogens with zero attached hydrogens (tertiary/aromatic N) is 3. The van der Waals surface area contributed by atoms with Crippen LogP contribution in [0.15, 0.2) is 0 Å². The number of likely N-dealkylation sites (tertiary alicyclic amines) is 1. The highest BCUT2D eigenvalue weighted by atomic mass is 15.2. The van der Waals surface area contributed by atoms with Gasteiger partial charge in [-0.1, -0.05) is 12.8 Å². The zero-order valence-corrected chi connectivity index (χ0v) is 13.3. The molecule has 2 aliphatic heterocycles. The highest BCUT2D eigenvalue weighted by Crippen LogP contribution is 2.35. The van der Waals surface area contributed by atoms with Gasteiger partial charge in [-0.2, -0.15) is 0 Å². The minimum atomic E-state index is 0.731. The van der Waals surface area contributed by atoms with Crippen molar-refractivity contribution in [1.29, 1.82) is 0 Å². The lowest BCUT2D eigenvalue weighted by atomic mass is 10.1. The summed E-state index contributed by atoms with van der Waals surface area (Å²) in [4.78, 5) is 7.56. The van der Waals surface area contributed by atoms with E-state index >= 15 is 0 Å². The van der Waals surface area contributed by atoms with Crippen molar-refractivity contribution < 1.29 is 0 Å². The molecule has 1 aliphatic carbocycles. The van der Waals surface area contributed by atoms with Crippen LogP contribution in [0.3, 0.4) is 0 Å². The predicted octanol–water partition coefficient (Wildman–Crippen LogP) is 2.14. The molecule has 4 nitrogen and oxygen atoms in total. The van der Waals surface area contributed by atoms with Crippen molar-refractivity contribution >= 4 is 0 Å². The Bertz CT molecular complexity index is 501. The standard InChI is InChI=1S/C17H28N4/c1-20-9-7-13(11-20)12-21-16-6-8-18-10-15(16)19-17(21)14-4-2-3-5-14/h13-14,18H,2-12H2,1H3. The second kappa shape index (κ2) is 5.73. The van der Waals surface area contributed by atoms with Gasteiger partial charge in [-0.15, -0.1) is 0 Å². The summed E-state index contributed by atoms with van der Waals surface area (Å²) in [6, 6.07) is 0. The third-order valence-corrected chi connectivity index (χ3v) is 5.67. The fourth-order valence-corrected chi connectivity index (χ4v) is 4.52. The van der Waals surface area contributed by atoms with Gasteiger partial charge >= 0.3 is 0 Å². The average molecular weight is 288 g/mol. The molecule has 4 heteroatoms. The zero-order chi connectivity index (χ0) is 14.2. The molecule has 1 aromatic rings. The SMILES string of the molecule is CN1CCC(Cn2c(C3CCCC3)nc3c2CCNC3)C1. The summed E-state index contributed by atoms with van der Waals surface area (Å²) in [7, 11) is 2.26. The Morgan fingerprint density at radius 2 is 2.10 bits per heavy atom. The second-order valence-electron chi connectivity index (χ2n) is 7.30. The topological polar surface area (TPSA) is 33.1 Å². The molecule has 0 radical (unpaired) electrons. The summed E-state index contributed by atoms with van der Waals surface area (Å²) >= 11 is 0. The number of rotatable bonds is 3. The maximum atomic E-state index is 5.08. The fraction of sp³-hybridized carbons (Fsp3) is 0.824. The third-order valence-electron chi connectivity index (χ3n) is 5.67. The molecule has 1 aromatic heterocycles. The second-order valence-corrected chi connectivity index (χ2v) is 7.30. The number of fused-ring (bicyclic) bond motifs is 1. The van der Waals surface area contributed by atoms with Crippen molar-refractivity contribution in [1.82, 2.24) is 19.8 Å². The van der Waals surface area contributed by atoms with Gasteiger partial charge in [0.2, 0.25) is 0 Å². The van der Waals surface area contributed by atoms with Gasteiger partial charge in [-0.3, -0.25) is 0 Å². The summed E-state index contributed by atoms with van der Waals surface area (Å²) in [5, 5.41) is 3.49. The molecule has 3 heterocycles. The average Bonchev–Trinajstić information content (AvgIpc) is 3.20. The summed E-state index contributed by atoms with van der Waals surface area (Å²) in [5.74, 6) is 2.98. The molecule has 0 bridgehead atoms. The first-order valence-corrected chi connectivity index (χ1v) is 8.78. The highest BCUT2D eigenvalue weighted by Gasteiger charge is 2.29. The van der Waals surface area contributed by atoms with Gasteiger partial charge in [0, 0.05) is 44.2 Å². The Hall–Kier alpha value is -0.870. The van der Waals surface area contributed by atoms with Crippen LogP contribution < -0.4 is 5.32 Å². The molecule has 1 N–H and O–H groups in total. The van der Waals surface area contributed by atoms with E-state index in [-0.39, 0.29) is 0 Å². The summed E-state index contributed by atoms with van der Waals surface area (Å²) in [6.45, 7) is 5.83. The van der Waals surface area contributed by atoms with E-state index in [0.29, 0.717) is 0 Å². The zero-order valence-electron chi connectivity index (χ0n) is 13.3. The van der Waals surface area contributed by atoms with Crippen LogP contribution in [-0.2, 0) is 19.5 Å². The summed E-state index contributed by atoms with van der Waals surface area (Å²) in [6.07, 6.45) is 8.02. The lowest BCUT2D eigenvalue weighted by Gasteiger charge is -2.20. The van der Waals surface area contributed by atoms with Gasteiger partial charge < -0.3 is 14.8 Å². The number of hydrogen-bond donors (Lipinski definition) is 1. The molecule has 1 atom stereocenters. The normalized spacial score (nSPS) is 27.4. The Kier molecular flexibility index (Phi) is 3.76. The number of nitrogens with one attached hydrogen (secondary N) is 1. The van der Waals surface area contributed by atoms with Gasteiger partial charge in [0.1, 0.15) is 5.82 Å². The molecular formula is C17H28N4. The lowest BCUT2D eigenvalue weighted by Crippen LogP contribution is -2.26. The predicted molar refractivity (Wildman–Crippen MR) is 84.5 cm³/mol. The monoisotopic (exact) mass is 288 g/mol. The van der Waals surface area contributed by atoms with Crippen LogP contribution in [-0.4, -0.2) is 41.1 Å². The van der Waals surface area contributed by atoms with Crippen LogP contribution in [0.4, 0.5) is 0 Å². The van der Waals surface area contributed by atoms with Gasteiger partial charge in [-0.25, -0.2) is 4.98 Å². The van der Waals surface area contributed by atoms with E-state index in [1.807, 2.05) is 0 Å². The quantitative estimate of drug-likeness (QED) is 0.925. The molecule has 1 saturated carbocycles. The molecule has 0 amide bonds. The minimum absolute atomic E-state index is 0.731. The van der Waals surface area contributed by atoms with E-state index < -0.39 is 0 Å². The molecule has 4 rings (SSSR count). The Morgan fingerprint density at radius 1 is 1.24 bits per heavy atom. The van der Waals surface area contributed by atoms with Crippen molar-refractivity contribution in [3.63, 3.8) is 0 Å². The van der Waals surface area contributed by atoms with E-state index in [9.17, 15) is 0 Å². The van der Waals surface area contributed by atoms with E-state index in [0.717, 1.165) is 31.3 Å². The van der Waals surface area contributed by atoms with Crippen molar-refractivity contribution in [3.8, 4) is 0 Å². The van der Waals surface area contributed by atoms with Crippen LogP contribution in [0, 0.1) is 5.92 Å². The molecule has 3 aliphatic rings. The first-order chi connectivity index (χ1) is 10.3. The van der Waals surface area contributed by atoms with E-state index in [1.54, 1.807) is 5.69 Å². The smallest absolute Gasteiger partial charge is 0.112 e. The van der Waals surface area contributed by atoms with Crippen LogP contribution in [0.25, 0.3) is 0 Å². The Morgan fingerprint density at radius 3 is 2.86 bits per heavy atom. The maximum absolute atomic E-state index is 5.08. The molecule has 0 spiro atoms. The summed E-state index contributed by atoms with van der Waals surface area (Å²) < 4.78 is 2.65. The van der Waals surface area contributed by atoms with Gasteiger partial charge in [0.15, 0.2) is 0 Å². The molecule has 0 aromatic carbocycles. The molecule has 1 saturated heterocycles. The molecule has 1 unspecified atom stereocenters. The summed E-state index contributed by atoms with van der Waals surface area (Å²) in [5.41, 5.74) is 2.89. The Balaban J connectivity index is 1.63. The number of hydrogen-bond acceptors (Lipinski definition) is 3. The van der Waals surface area contributed by atoms with Gasteiger partial charge in [-0.05, 0) is 38.8 Å². The van der Waals surface area contributed by atoms with E-state index in [1.165, 1.54) is 63.3 Å². The van der Waals surface area contributed by atoms with Gasteiger partial charge in [0.05, 0.1) is 5.69 Å². The minimum Gasteiger partial charge on any atom is -0.331 e. The largest absolute Gasteiger partial charge is 0.331 e. The van der Waals surface area contributed by atoms with Crippen molar-refractivity contribution in [2.45, 2.75) is 57.5 Å². The first-order valence-electron chi connectivity index (χ1n) is 8.78. The highest BCUT2D eigenvalue weighted by molar-refractivity contribution is 5.22. The number of aromatic nitrogens is 2. The first kappa shape index (κ1) is 13.8. The molecule has 2 fully saturated rings. The molecular weight excluding hydrogens is 260 g/mol. The molecule has 116 valence electrons. The van der Waals surface area contributed by atoms with Crippen LogP contribution in [0.2, 0.25) is 0 Å². The van der Waals surface area contributed by atoms with Gasteiger partial charge in [0.25, 0.3) is 0 Å². The van der Waals surface area contributed by atoms with E-state index in [4.69, 9.17) is 4.98 Å². The van der Waals surface area contributed by atoms with Crippen molar-refractivity contribution in [2.75, 3.05) is 26.7 Å². The van der Waals surface area contributed by atoms with Crippen molar-refractivity contribution in [2.24, 2.45) is 5.92 Å². The van der Waals surface area contributed by atoms with Crippen LogP contribution >= 0.6 is 0 Å². The van der Waals surface area contributed by atoms with Crippen LogP contribution in [0.1, 0.15) is 55.2 Å². The number of imidazole rings is 1. The third kappa shape index (κ3) is 2.64. The fourth-order valence-electron chi connectivity index (χ4n) is 4.52. The Labute approximate surface area is 127 Å². The van der Waals surface area contributed by atoms with Crippen LogP contribution in [0.5, 0.6) is 0 Å². The lowest BCUT2D eigenvalue weighted by molar-refractivity contribution is 0.370.